The van der Waals surface area contributed by atoms with Crippen LogP contribution in [0.4, 0.5) is 0 Å². The first kappa shape index (κ1) is 20.6. The summed E-state index contributed by atoms with van der Waals surface area (Å²) in [4.78, 5) is 11.2. The summed E-state index contributed by atoms with van der Waals surface area (Å²) in [5.74, 6) is 0.742. The standard InChI is InChI=1S/C17H30N6O2S/c1-3-18-17(20-10-11-21-26(2,24)25)22-15-7-12-23(13-8-15)14-16-6-4-5-9-19-16/h4-6,9,15,21H,3,7-8,10-14H2,1-2H3,(H2,18,20,22). The van der Waals surface area contributed by atoms with Crippen LogP contribution in [0.15, 0.2) is 29.4 Å². The van der Waals surface area contributed by atoms with Crippen molar-refractivity contribution in [3.8, 4) is 0 Å². The lowest BCUT2D eigenvalue weighted by Gasteiger charge is -2.32. The lowest BCUT2D eigenvalue weighted by Crippen LogP contribution is -2.48. The Morgan fingerprint density at radius 1 is 1.35 bits per heavy atom. The number of pyridine rings is 1. The van der Waals surface area contributed by atoms with Crippen LogP contribution in [-0.2, 0) is 16.6 Å². The predicted octanol–water partition coefficient (Wildman–Crippen LogP) is 0.150. The van der Waals surface area contributed by atoms with E-state index in [4.69, 9.17) is 0 Å². The zero-order valence-corrected chi connectivity index (χ0v) is 16.4. The van der Waals surface area contributed by atoms with Gasteiger partial charge in [0.05, 0.1) is 18.5 Å². The Morgan fingerprint density at radius 2 is 2.12 bits per heavy atom. The van der Waals surface area contributed by atoms with Gasteiger partial charge in [-0.25, -0.2) is 13.1 Å². The minimum Gasteiger partial charge on any atom is -0.357 e. The summed E-state index contributed by atoms with van der Waals surface area (Å²) >= 11 is 0. The van der Waals surface area contributed by atoms with Crippen LogP contribution >= 0.6 is 0 Å². The van der Waals surface area contributed by atoms with Gasteiger partial charge in [0.25, 0.3) is 0 Å². The minimum absolute atomic E-state index is 0.303. The average molecular weight is 383 g/mol. The van der Waals surface area contributed by atoms with Gasteiger partial charge < -0.3 is 10.6 Å². The van der Waals surface area contributed by atoms with Crippen molar-refractivity contribution in [1.29, 1.82) is 0 Å². The van der Waals surface area contributed by atoms with E-state index in [9.17, 15) is 8.42 Å². The molecule has 26 heavy (non-hydrogen) atoms. The molecule has 0 saturated carbocycles. The van der Waals surface area contributed by atoms with E-state index in [1.54, 1.807) is 0 Å². The van der Waals surface area contributed by atoms with Gasteiger partial charge in [-0.15, -0.1) is 0 Å². The number of hydrogen-bond acceptors (Lipinski definition) is 5. The van der Waals surface area contributed by atoms with E-state index in [2.05, 4.69) is 36.3 Å². The van der Waals surface area contributed by atoms with E-state index < -0.39 is 10.0 Å². The first-order chi connectivity index (χ1) is 12.5. The Bertz CT molecular complexity index is 657. The Labute approximate surface area is 156 Å². The van der Waals surface area contributed by atoms with Crippen LogP contribution in [0.5, 0.6) is 0 Å². The van der Waals surface area contributed by atoms with Gasteiger partial charge in [0.2, 0.25) is 10.0 Å². The molecule has 1 saturated heterocycles. The highest BCUT2D eigenvalue weighted by atomic mass is 32.2. The van der Waals surface area contributed by atoms with Crippen molar-refractivity contribution in [2.45, 2.75) is 32.4 Å². The number of aromatic nitrogens is 1. The molecule has 0 unspecified atom stereocenters. The topological polar surface area (TPSA) is 98.7 Å². The van der Waals surface area contributed by atoms with E-state index >= 15 is 0 Å². The van der Waals surface area contributed by atoms with E-state index in [-0.39, 0.29) is 0 Å². The molecule has 9 heteroatoms. The maximum Gasteiger partial charge on any atom is 0.208 e. The Kier molecular flexibility index (Phi) is 8.27. The number of hydrogen-bond donors (Lipinski definition) is 3. The van der Waals surface area contributed by atoms with Crippen molar-refractivity contribution in [3.63, 3.8) is 0 Å². The number of rotatable bonds is 8. The zero-order chi connectivity index (χ0) is 18.8. The van der Waals surface area contributed by atoms with Crippen molar-refractivity contribution in [2.24, 2.45) is 4.99 Å². The van der Waals surface area contributed by atoms with Crippen LogP contribution in [0.3, 0.4) is 0 Å². The lowest BCUT2D eigenvalue weighted by atomic mass is 10.0. The summed E-state index contributed by atoms with van der Waals surface area (Å²) < 4.78 is 24.6. The van der Waals surface area contributed by atoms with Gasteiger partial charge >= 0.3 is 0 Å². The molecule has 0 radical (unpaired) electrons. The number of nitrogens with one attached hydrogen (secondary N) is 3. The summed E-state index contributed by atoms with van der Waals surface area (Å²) in [5.41, 5.74) is 1.10. The second-order valence-electron chi connectivity index (χ2n) is 6.44. The second-order valence-corrected chi connectivity index (χ2v) is 8.28. The van der Waals surface area contributed by atoms with E-state index in [1.807, 2.05) is 25.3 Å². The molecular weight excluding hydrogens is 352 g/mol. The monoisotopic (exact) mass is 382 g/mol. The number of likely N-dealkylation sites (tertiary alicyclic amines) is 1. The summed E-state index contributed by atoms with van der Waals surface area (Å²) in [6.07, 6.45) is 5.07. The maximum absolute atomic E-state index is 11.1. The maximum atomic E-state index is 11.1. The summed E-state index contributed by atoms with van der Waals surface area (Å²) in [6.45, 7) is 6.41. The molecule has 1 fully saturated rings. The highest BCUT2D eigenvalue weighted by molar-refractivity contribution is 7.88. The molecular formula is C17H30N6O2S. The molecule has 0 aromatic carbocycles. The first-order valence-corrected chi connectivity index (χ1v) is 11.0. The fourth-order valence-corrected chi connectivity index (χ4v) is 3.33. The van der Waals surface area contributed by atoms with Gasteiger partial charge in [-0.2, -0.15) is 0 Å². The molecule has 2 heterocycles. The van der Waals surface area contributed by atoms with Crippen molar-refractivity contribution in [2.75, 3.05) is 39.0 Å². The lowest BCUT2D eigenvalue weighted by molar-refractivity contribution is 0.196. The minimum atomic E-state index is -3.16. The highest BCUT2D eigenvalue weighted by Crippen LogP contribution is 2.12. The Morgan fingerprint density at radius 3 is 2.73 bits per heavy atom. The van der Waals surface area contributed by atoms with E-state index in [0.717, 1.165) is 56.9 Å². The molecule has 8 nitrogen and oxygen atoms in total. The van der Waals surface area contributed by atoms with Crippen LogP contribution in [-0.4, -0.2) is 69.3 Å². The van der Waals surface area contributed by atoms with Crippen molar-refractivity contribution in [3.05, 3.63) is 30.1 Å². The van der Waals surface area contributed by atoms with Crippen molar-refractivity contribution in [1.82, 2.24) is 25.2 Å². The molecule has 1 aromatic rings. The SMILES string of the molecule is CCNC(=NCCNS(C)(=O)=O)NC1CCN(Cc2ccccn2)CC1. The van der Waals surface area contributed by atoms with Gasteiger partial charge in [0, 0.05) is 45.0 Å². The first-order valence-electron chi connectivity index (χ1n) is 9.08. The fraction of sp³-hybridized carbons (Fsp3) is 0.647. The number of nitrogens with zero attached hydrogens (tertiary/aromatic N) is 3. The summed E-state index contributed by atoms with van der Waals surface area (Å²) in [5, 5.41) is 6.67. The van der Waals surface area contributed by atoms with Crippen molar-refractivity contribution >= 4 is 16.0 Å². The van der Waals surface area contributed by atoms with Crippen LogP contribution < -0.4 is 15.4 Å². The molecule has 0 aliphatic carbocycles. The van der Waals surface area contributed by atoms with E-state index in [0.29, 0.717) is 19.1 Å². The number of aliphatic imine (C=N–C) groups is 1. The average Bonchev–Trinajstić information content (AvgIpc) is 2.60. The zero-order valence-electron chi connectivity index (χ0n) is 15.6. The van der Waals surface area contributed by atoms with Gasteiger partial charge in [-0.1, -0.05) is 6.07 Å². The predicted molar refractivity (Wildman–Crippen MR) is 104 cm³/mol. The number of guanidine groups is 1. The van der Waals surface area contributed by atoms with Crippen LogP contribution in [0.1, 0.15) is 25.5 Å². The fourth-order valence-electron chi connectivity index (χ4n) is 2.87. The summed E-state index contributed by atoms with van der Waals surface area (Å²) in [6, 6.07) is 6.39. The molecule has 3 N–H and O–H groups in total. The molecule has 2 rings (SSSR count). The van der Waals surface area contributed by atoms with Crippen molar-refractivity contribution < 1.29 is 8.42 Å². The Balaban J connectivity index is 1.75. The second kappa shape index (κ2) is 10.4. The van der Waals surface area contributed by atoms with Gasteiger partial charge in [-0.05, 0) is 31.9 Å². The quantitative estimate of drug-likeness (QED) is 0.336. The largest absolute Gasteiger partial charge is 0.357 e. The normalized spacial score (nSPS) is 17.2. The van der Waals surface area contributed by atoms with Gasteiger partial charge in [-0.3, -0.25) is 14.9 Å². The molecule has 146 valence electrons. The smallest absolute Gasteiger partial charge is 0.208 e. The third-order valence-corrected chi connectivity index (χ3v) is 4.86. The molecule has 0 amide bonds. The highest BCUT2D eigenvalue weighted by Gasteiger charge is 2.20. The molecule has 1 aliphatic rings. The van der Waals surface area contributed by atoms with Crippen LogP contribution in [0, 0.1) is 0 Å². The molecule has 1 aromatic heterocycles. The van der Waals surface area contributed by atoms with E-state index in [1.165, 1.54) is 0 Å². The number of sulfonamides is 1. The van der Waals surface area contributed by atoms with Crippen LogP contribution in [0.2, 0.25) is 0 Å². The third kappa shape index (κ3) is 8.11. The molecule has 1 aliphatic heterocycles. The van der Waals surface area contributed by atoms with Gasteiger partial charge in [0.15, 0.2) is 5.96 Å². The van der Waals surface area contributed by atoms with Crippen LogP contribution in [0.25, 0.3) is 0 Å². The number of piperidine rings is 1. The molecule has 0 spiro atoms. The van der Waals surface area contributed by atoms with Gasteiger partial charge in [0.1, 0.15) is 0 Å². The third-order valence-electron chi connectivity index (χ3n) is 4.13. The summed E-state index contributed by atoms with van der Waals surface area (Å²) in [7, 11) is -3.16. The molecule has 0 bridgehead atoms. The molecule has 0 atom stereocenters. The Hall–Kier alpha value is -1.71.